The van der Waals surface area contributed by atoms with Crippen molar-refractivity contribution in [3.05, 3.63) is 24.3 Å². The fourth-order valence-corrected chi connectivity index (χ4v) is 6.76. The maximum absolute atomic E-state index is 14.4. The van der Waals surface area contributed by atoms with E-state index in [1.54, 1.807) is 27.7 Å². The zero-order valence-corrected chi connectivity index (χ0v) is 29.3. The van der Waals surface area contributed by atoms with Crippen LogP contribution in [0.4, 0.5) is 0 Å². The zero-order valence-electron chi connectivity index (χ0n) is 29.3. The van der Waals surface area contributed by atoms with E-state index in [9.17, 15) is 28.8 Å². The first-order chi connectivity index (χ1) is 23.4. The van der Waals surface area contributed by atoms with Gasteiger partial charge in [0.15, 0.2) is 0 Å². The van der Waals surface area contributed by atoms with Gasteiger partial charge in [-0.3, -0.25) is 33.8 Å². The van der Waals surface area contributed by atoms with Crippen LogP contribution in [0.2, 0.25) is 0 Å². The van der Waals surface area contributed by atoms with Crippen LogP contribution in [-0.2, 0) is 33.4 Å². The van der Waals surface area contributed by atoms with E-state index in [1.807, 2.05) is 6.92 Å². The van der Waals surface area contributed by atoms with Gasteiger partial charge in [0.25, 0.3) is 11.8 Å². The Morgan fingerprint density at radius 2 is 1.63 bits per heavy atom. The second kappa shape index (κ2) is 17.1. The maximum atomic E-state index is 14.4. The highest BCUT2D eigenvalue weighted by atomic mass is 16.7. The third kappa shape index (κ3) is 9.38. The molecule has 3 fully saturated rings. The standard InChI is InChI=1S/C34H51N7O8/c1-7-8-23(29(42)33(46)37-20-9-10-20)38-32(45)28-21-11-12-25(49-17-48-6)22(21)16-41(28)34(47)27(19(4)5)40-31(44)26(18(2)3)39-30(43)24-15-35-13-14-36-24/h13-15,18-23,25-28H,7-12,16-17H2,1-6H3,(H,37,46)(H,38,45)(H,39,43)(H,40,44)/t21-,22-,23+,25+,26-,27-,28-/m0/s1. The van der Waals surface area contributed by atoms with Crippen molar-refractivity contribution in [2.45, 2.75) is 109 Å². The third-order valence-corrected chi connectivity index (χ3v) is 9.52. The third-order valence-electron chi connectivity index (χ3n) is 9.52. The van der Waals surface area contributed by atoms with Crippen molar-refractivity contribution in [3.63, 3.8) is 0 Å². The number of aromatic nitrogens is 2. The van der Waals surface area contributed by atoms with Gasteiger partial charge in [-0.15, -0.1) is 0 Å². The smallest absolute Gasteiger partial charge is 0.289 e. The van der Waals surface area contributed by atoms with Crippen molar-refractivity contribution >= 4 is 35.3 Å². The van der Waals surface area contributed by atoms with E-state index < -0.39 is 59.5 Å². The lowest BCUT2D eigenvalue weighted by molar-refractivity contribution is -0.145. The molecule has 270 valence electrons. The highest BCUT2D eigenvalue weighted by Gasteiger charge is 2.55. The van der Waals surface area contributed by atoms with Crippen LogP contribution in [0.1, 0.15) is 83.6 Å². The Hall–Kier alpha value is -3.98. The number of ether oxygens (including phenoxy) is 2. The molecule has 5 amide bonds. The predicted octanol–water partition coefficient (Wildman–Crippen LogP) is 0.731. The van der Waals surface area contributed by atoms with Crippen molar-refractivity contribution in [1.82, 2.24) is 36.1 Å². The van der Waals surface area contributed by atoms with E-state index in [2.05, 4.69) is 31.2 Å². The van der Waals surface area contributed by atoms with Gasteiger partial charge in [-0.1, -0.05) is 41.0 Å². The van der Waals surface area contributed by atoms with Crippen LogP contribution in [-0.4, -0.2) is 107 Å². The second-order valence-electron chi connectivity index (χ2n) is 13.9. The summed E-state index contributed by atoms with van der Waals surface area (Å²) in [6, 6.07) is -4.04. The van der Waals surface area contributed by atoms with Crippen LogP contribution in [0, 0.1) is 23.7 Å². The lowest BCUT2D eigenvalue weighted by Crippen LogP contribution is -2.60. The summed E-state index contributed by atoms with van der Waals surface area (Å²) < 4.78 is 11.1. The van der Waals surface area contributed by atoms with Gasteiger partial charge in [0.1, 0.15) is 30.6 Å². The number of hydrogen-bond acceptors (Lipinski definition) is 10. The van der Waals surface area contributed by atoms with Crippen LogP contribution in [0.15, 0.2) is 18.6 Å². The highest BCUT2D eigenvalue weighted by molar-refractivity contribution is 6.38. The summed E-state index contributed by atoms with van der Waals surface area (Å²) in [7, 11) is 1.52. The van der Waals surface area contributed by atoms with Gasteiger partial charge >= 0.3 is 0 Å². The van der Waals surface area contributed by atoms with E-state index in [0.29, 0.717) is 19.3 Å². The van der Waals surface area contributed by atoms with Crippen LogP contribution < -0.4 is 21.3 Å². The fraction of sp³-hybridized carbons (Fsp3) is 0.706. The summed E-state index contributed by atoms with van der Waals surface area (Å²) in [5.74, 6) is -4.74. The Balaban J connectivity index is 1.56. The monoisotopic (exact) mass is 685 g/mol. The summed E-state index contributed by atoms with van der Waals surface area (Å²) in [4.78, 5) is 90.3. The number of amides is 5. The molecule has 4 rings (SSSR count). The minimum Gasteiger partial charge on any atom is -0.359 e. The molecule has 2 saturated carbocycles. The Morgan fingerprint density at radius 3 is 2.22 bits per heavy atom. The second-order valence-corrected chi connectivity index (χ2v) is 13.9. The largest absolute Gasteiger partial charge is 0.359 e. The summed E-state index contributed by atoms with van der Waals surface area (Å²) in [5, 5.41) is 11.1. The number of ketones is 1. The van der Waals surface area contributed by atoms with Gasteiger partial charge in [-0.05, 0) is 49.9 Å². The Labute approximate surface area is 287 Å². The van der Waals surface area contributed by atoms with Crippen molar-refractivity contribution in [1.29, 1.82) is 0 Å². The van der Waals surface area contributed by atoms with E-state index in [4.69, 9.17) is 9.47 Å². The molecular weight excluding hydrogens is 634 g/mol. The van der Waals surface area contributed by atoms with Crippen molar-refractivity contribution < 1.29 is 38.2 Å². The Kier molecular flexibility index (Phi) is 13.2. The summed E-state index contributed by atoms with van der Waals surface area (Å²) in [6.07, 6.45) is 7.54. The fourth-order valence-electron chi connectivity index (χ4n) is 6.76. The summed E-state index contributed by atoms with van der Waals surface area (Å²) >= 11 is 0. The molecule has 0 bridgehead atoms. The Bertz CT molecular complexity index is 1350. The summed E-state index contributed by atoms with van der Waals surface area (Å²) in [5.41, 5.74) is 0.0463. The average Bonchev–Trinajstić information content (AvgIpc) is 3.68. The van der Waals surface area contributed by atoms with E-state index in [0.717, 1.165) is 12.8 Å². The van der Waals surface area contributed by atoms with E-state index in [-0.39, 0.29) is 61.3 Å². The average molecular weight is 686 g/mol. The number of rotatable bonds is 17. The molecule has 0 aromatic carbocycles. The Morgan fingerprint density at radius 1 is 0.918 bits per heavy atom. The van der Waals surface area contributed by atoms with Gasteiger partial charge < -0.3 is 35.6 Å². The number of Topliss-reactive ketones (excluding diaryl/α,β-unsaturated/α-hetero) is 1. The number of fused-ring (bicyclic) bond motifs is 1. The molecule has 15 nitrogen and oxygen atoms in total. The molecule has 4 N–H and O–H groups in total. The van der Waals surface area contributed by atoms with E-state index >= 15 is 0 Å². The predicted molar refractivity (Wildman–Crippen MR) is 176 cm³/mol. The van der Waals surface area contributed by atoms with Gasteiger partial charge in [0.05, 0.1) is 18.3 Å². The molecule has 0 radical (unpaired) electrons. The first-order valence-corrected chi connectivity index (χ1v) is 17.3. The van der Waals surface area contributed by atoms with Gasteiger partial charge in [0.2, 0.25) is 23.5 Å². The minimum atomic E-state index is -1.04. The summed E-state index contributed by atoms with van der Waals surface area (Å²) in [6.45, 7) is 9.23. The molecular formula is C34H51N7O8. The number of methoxy groups -OCH3 is 1. The molecule has 3 aliphatic rings. The number of likely N-dealkylation sites (tertiary alicyclic amines) is 1. The molecule has 2 aliphatic carbocycles. The topological polar surface area (TPSA) is 198 Å². The molecule has 0 unspecified atom stereocenters. The minimum absolute atomic E-state index is 0.0144. The molecule has 1 saturated heterocycles. The lowest BCUT2D eigenvalue weighted by atomic mass is 9.92. The van der Waals surface area contributed by atoms with Crippen LogP contribution in [0.5, 0.6) is 0 Å². The number of nitrogens with zero attached hydrogens (tertiary/aromatic N) is 3. The van der Waals surface area contributed by atoms with Gasteiger partial charge in [-0.2, -0.15) is 0 Å². The van der Waals surface area contributed by atoms with Crippen molar-refractivity contribution in [3.8, 4) is 0 Å². The van der Waals surface area contributed by atoms with Crippen molar-refractivity contribution in [2.24, 2.45) is 23.7 Å². The highest BCUT2D eigenvalue weighted by Crippen LogP contribution is 2.44. The molecule has 0 spiro atoms. The van der Waals surface area contributed by atoms with Gasteiger partial charge in [0, 0.05) is 38.0 Å². The lowest BCUT2D eigenvalue weighted by Gasteiger charge is -2.34. The van der Waals surface area contributed by atoms with E-state index in [1.165, 1.54) is 30.6 Å². The quantitative estimate of drug-likeness (QED) is 0.134. The molecule has 1 aromatic rings. The zero-order chi connectivity index (χ0) is 35.8. The maximum Gasteiger partial charge on any atom is 0.289 e. The molecule has 2 heterocycles. The first kappa shape index (κ1) is 37.8. The first-order valence-electron chi connectivity index (χ1n) is 17.3. The molecule has 7 atom stereocenters. The van der Waals surface area contributed by atoms with Crippen LogP contribution in [0.25, 0.3) is 0 Å². The number of hydrogen-bond donors (Lipinski definition) is 4. The number of carbonyl (C=O) groups excluding carboxylic acids is 6. The van der Waals surface area contributed by atoms with Crippen LogP contribution in [0.3, 0.4) is 0 Å². The molecule has 49 heavy (non-hydrogen) atoms. The van der Waals surface area contributed by atoms with Gasteiger partial charge in [-0.25, -0.2) is 4.98 Å². The number of nitrogens with one attached hydrogen (secondary N) is 4. The molecule has 1 aliphatic heterocycles. The number of carbonyl (C=O) groups is 6. The SMILES string of the molecule is CCC[C@@H](NC(=O)[C@@H]1[C@H]2CC[C@@H](OCOC)[C@H]2CN1C(=O)[C@@H](NC(=O)[C@@H](NC(=O)c1cnccn1)C(C)C)C(C)C)C(=O)C(=O)NC1CC1. The molecule has 1 aromatic heterocycles. The molecule has 15 heteroatoms. The van der Waals surface area contributed by atoms with Crippen molar-refractivity contribution in [2.75, 3.05) is 20.4 Å². The van der Waals surface area contributed by atoms with Crippen LogP contribution >= 0.6 is 0 Å². The normalized spacial score (nSPS) is 23.4.